The Morgan fingerprint density at radius 3 is 2.41 bits per heavy atom. The Morgan fingerprint density at radius 2 is 1.82 bits per heavy atom. The lowest BCUT2D eigenvalue weighted by Crippen LogP contribution is -2.31. The van der Waals surface area contributed by atoms with E-state index in [9.17, 15) is 0 Å². The van der Waals surface area contributed by atoms with E-state index in [0.717, 1.165) is 19.4 Å². The van der Waals surface area contributed by atoms with Crippen LogP contribution in [0.25, 0.3) is 0 Å². The molecular formula is C15H25NO. The van der Waals surface area contributed by atoms with Crippen LogP contribution in [0.3, 0.4) is 0 Å². The Hall–Kier alpha value is -0.860. The van der Waals surface area contributed by atoms with Crippen LogP contribution in [0.15, 0.2) is 24.3 Å². The number of aliphatic hydroxyl groups is 1. The lowest BCUT2D eigenvalue weighted by atomic mass is 10.0. The molecule has 1 aromatic rings. The lowest BCUT2D eigenvalue weighted by molar-refractivity contribution is 0.230. The van der Waals surface area contributed by atoms with Crippen molar-refractivity contribution < 1.29 is 5.11 Å². The standard InChI is InChI=1S/C15H25NO/c1-12-4-7-15(8-5-12)9-6-14(3)16-10-13(2)11-17/h4-5,7-8,13-14,16-17H,6,9-11H2,1-3H3. The fraction of sp³-hybridized carbons (Fsp3) is 0.600. The van der Waals surface area contributed by atoms with Crippen LogP contribution < -0.4 is 5.32 Å². The summed E-state index contributed by atoms with van der Waals surface area (Å²) in [7, 11) is 0. The van der Waals surface area contributed by atoms with Crippen molar-refractivity contribution in [1.29, 1.82) is 0 Å². The molecule has 1 aromatic carbocycles. The van der Waals surface area contributed by atoms with Crippen LogP contribution in [0.2, 0.25) is 0 Å². The van der Waals surface area contributed by atoms with Gasteiger partial charge in [0.1, 0.15) is 0 Å². The molecular weight excluding hydrogens is 210 g/mol. The average molecular weight is 235 g/mol. The van der Waals surface area contributed by atoms with Crippen molar-refractivity contribution >= 4 is 0 Å². The zero-order valence-electron chi connectivity index (χ0n) is 11.2. The quantitative estimate of drug-likeness (QED) is 0.761. The second-order valence-corrected chi connectivity index (χ2v) is 5.12. The highest BCUT2D eigenvalue weighted by Crippen LogP contribution is 2.07. The lowest BCUT2D eigenvalue weighted by Gasteiger charge is -2.16. The van der Waals surface area contributed by atoms with Crippen LogP contribution in [0.1, 0.15) is 31.4 Å². The number of benzene rings is 1. The predicted molar refractivity (Wildman–Crippen MR) is 73.2 cm³/mol. The molecule has 0 spiro atoms. The highest BCUT2D eigenvalue weighted by molar-refractivity contribution is 5.21. The summed E-state index contributed by atoms with van der Waals surface area (Å²) in [6, 6.07) is 9.25. The van der Waals surface area contributed by atoms with Gasteiger partial charge in [-0.05, 0) is 38.2 Å². The van der Waals surface area contributed by atoms with Crippen LogP contribution in [-0.2, 0) is 6.42 Å². The molecule has 0 saturated carbocycles. The Kier molecular flexibility index (Phi) is 6.23. The summed E-state index contributed by atoms with van der Waals surface area (Å²) in [6.45, 7) is 7.53. The van der Waals surface area contributed by atoms with E-state index in [1.54, 1.807) is 0 Å². The molecule has 0 heterocycles. The van der Waals surface area contributed by atoms with Gasteiger partial charge in [-0.25, -0.2) is 0 Å². The third kappa shape index (κ3) is 5.85. The summed E-state index contributed by atoms with van der Waals surface area (Å²) in [5, 5.41) is 12.4. The van der Waals surface area contributed by atoms with Gasteiger partial charge in [-0.3, -0.25) is 0 Å². The van der Waals surface area contributed by atoms with Gasteiger partial charge in [0.2, 0.25) is 0 Å². The summed E-state index contributed by atoms with van der Waals surface area (Å²) >= 11 is 0. The van der Waals surface area contributed by atoms with Gasteiger partial charge in [-0.1, -0.05) is 36.8 Å². The van der Waals surface area contributed by atoms with E-state index in [-0.39, 0.29) is 6.61 Å². The molecule has 2 unspecified atom stereocenters. The molecule has 0 radical (unpaired) electrons. The van der Waals surface area contributed by atoms with Gasteiger partial charge in [-0.2, -0.15) is 0 Å². The van der Waals surface area contributed by atoms with E-state index in [2.05, 4.69) is 50.4 Å². The summed E-state index contributed by atoms with van der Waals surface area (Å²) in [6.07, 6.45) is 2.25. The first-order valence-corrected chi connectivity index (χ1v) is 6.51. The Balaban J connectivity index is 2.23. The van der Waals surface area contributed by atoms with Crippen LogP contribution >= 0.6 is 0 Å². The topological polar surface area (TPSA) is 32.3 Å². The Morgan fingerprint density at radius 1 is 1.18 bits per heavy atom. The maximum atomic E-state index is 8.94. The Bertz CT molecular complexity index is 307. The zero-order chi connectivity index (χ0) is 12.7. The minimum absolute atomic E-state index is 0.262. The molecule has 17 heavy (non-hydrogen) atoms. The molecule has 0 aliphatic carbocycles. The van der Waals surface area contributed by atoms with E-state index >= 15 is 0 Å². The minimum Gasteiger partial charge on any atom is -0.396 e. The number of aliphatic hydroxyl groups excluding tert-OH is 1. The predicted octanol–water partition coefficient (Wildman–Crippen LogP) is 2.53. The van der Waals surface area contributed by atoms with Crippen molar-refractivity contribution in [2.24, 2.45) is 5.92 Å². The fourth-order valence-corrected chi connectivity index (χ4v) is 1.71. The van der Waals surface area contributed by atoms with E-state index < -0.39 is 0 Å². The molecule has 1 rings (SSSR count). The van der Waals surface area contributed by atoms with Crippen molar-refractivity contribution in [3.8, 4) is 0 Å². The summed E-state index contributed by atoms with van der Waals surface area (Å²) < 4.78 is 0. The highest BCUT2D eigenvalue weighted by Gasteiger charge is 2.04. The smallest absolute Gasteiger partial charge is 0.0468 e. The molecule has 0 amide bonds. The number of rotatable bonds is 7. The third-order valence-corrected chi connectivity index (χ3v) is 3.11. The zero-order valence-corrected chi connectivity index (χ0v) is 11.2. The first kappa shape index (κ1) is 14.2. The van der Waals surface area contributed by atoms with Gasteiger partial charge in [0.25, 0.3) is 0 Å². The Labute approximate surface area is 105 Å². The van der Waals surface area contributed by atoms with Crippen LogP contribution in [0.5, 0.6) is 0 Å². The molecule has 2 nitrogen and oxygen atoms in total. The molecule has 0 aliphatic rings. The van der Waals surface area contributed by atoms with E-state index in [1.807, 2.05) is 0 Å². The van der Waals surface area contributed by atoms with Gasteiger partial charge in [0.15, 0.2) is 0 Å². The molecule has 0 fully saturated rings. The second kappa shape index (κ2) is 7.46. The normalized spacial score (nSPS) is 14.6. The fourth-order valence-electron chi connectivity index (χ4n) is 1.71. The SMILES string of the molecule is Cc1ccc(CCC(C)NCC(C)CO)cc1. The van der Waals surface area contributed by atoms with Crippen molar-refractivity contribution in [2.75, 3.05) is 13.2 Å². The van der Waals surface area contributed by atoms with E-state index in [0.29, 0.717) is 12.0 Å². The molecule has 2 atom stereocenters. The third-order valence-electron chi connectivity index (χ3n) is 3.11. The van der Waals surface area contributed by atoms with Gasteiger partial charge >= 0.3 is 0 Å². The largest absolute Gasteiger partial charge is 0.396 e. The molecule has 0 saturated heterocycles. The van der Waals surface area contributed by atoms with Crippen LogP contribution in [0.4, 0.5) is 0 Å². The van der Waals surface area contributed by atoms with E-state index in [4.69, 9.17) is 5.11 Å². The first-order chi connectivity index (χ1) is 8.11. The van der Waals surface area contributed by atoms with Crippen molar-refractivity contribution in [2.45, 2.75) is 39.7 Å². The molecule has 96 valence electrons. The average Bonchev–Trinajstić information content (AvgIpc) is 2.35. The first-order valence-electron chi connectivity index (χ1n) is 6.51. The minimum atomic E-state index is 0.262. The van der Waals surface area contributed by atoms with Crippen molar-refractivity contribution in [1.82, 2.24) is 5.32 Å². The summed E-state index contributed by atoms with van der Waals surface area (Å²) in [5.41, 5.74) is 2.72. The molecule has 0 aliphatic heterocycles. The maximum absolute atomic E-state index is 8.94. The number of aryl methyl sites for hydroxylation is 2. The maximum Gasteiger partial charge on any atom is 0.0468 e. The van der Waals surface area contributed by atoms with Crippen molar-refractivity contribution in [3.05, 3.63) is 35.4 Å². The van der Waals surface area contributed by atoms with Crippen LogP contribution in [-0.4, -0.2) is 24.3 Å². The molecule has 0 bridgehead atoms. The van der Waals surface area contributed by atoms with Gasteiger partial charge in [0.05, 0.1) is 0 Å². The van der Waals surface area contributed by atoms with E-state index in [1.165, 1.54) is 11.1 Å². The summed E-state index contributed by atoms with van der Waals surface area (Å²) in [4.78, 5) is 0. The molecule has 2 heteroatoms. The van der Waals surface area contributed by atoms with Gasteiger partial charge < -0.3 is 10.4 Å². The molecule has 0 aromatic heterocycles. The van der Waals surface area contributed by atoms with Gasteiger partial charge in [0, 0.05) is 19.2 Å². The van der Waals surface area contributed by atoms with Crippen molar-refractivity contribution in [3.63, 3.8) is 0 Å². The molecule has 2 N–H and O–H groups in total. The number of nitrogens with one attached hydrogen (secondary N) is 1. The highest BCUT2D eigenvalue weighted by atomic mass is 16.3. The number of hydrogen-bond acceptors (Lipinski definition) is 2. The monoisotopic (exact) mass is 235 g/mol. The van der Waals surface area contributed by atoms with Crippen LogP contribution in [0, 0.1) is 12.8 Å². The van der Waals surface area contributed by atoms with Gasteiger partial charge in [-0.15, -0.1) is 0 Å². The number of hydrogen-bond donors (Lipinski definition) is 2. The summed E-state index contributed by atoms with van der Waals surface area (Å²) in [5.74, 6) is 0.344. The second-order valence-electron chi connectivity index (χ2n) is 5.12.